The SMILES string of the molecule is Cn1cc(C(=O)O)c2ccn(C)c2c1=O. The van der Waals surface area contributed by atoms with Crippen molar-refractivity contribution in [3.63, 3.8) is 0 Å². The molecule has 0 aliphatic heterocycles. The van der Waals surface area contributed by atoms with E-state index in [0.717, 1.165) is 0 Å². The number of carbonyl (C=O) groups is 1. The van der Waals surface area contributed by atoms with Gasteiger partial charge < -0.3 is 14.2 Å². The summed E-state index contributed by atoms with van der Waals surface area (Å²) in [6.07, 6.45) is 3.02. The van der Waals surface area contributed by atoms with Crippen LogP contribution in [0.25, 0.3) is 10.9 Å². The zero-order valence-electron chi connectivity index (χ0n) is 8.39. The minimum Gasteiger partial charge on any atom is -0.478 e. The van der Waals surface area contributed by atoms with Gasteiger partial charge in [-0.3, -0.25) is 4.79 Å². The van der Waals surface area contributed by atoms with Crippen LogP contribution in [0.2, 0.25) is 0 Å². The van der Waals surface area contributed by atoms with Gasteiger partial charge in [-0.25, -0.2) is 4.79 Å². The number of nitrogens with zero attached hydrogens (tertiary/aromatic N) is 2. The molecule has 2 aromatic rings. The quantitative estimate of drug-likeness (QED) is 0.742. The second-order valence-electron chi connectivity index (χ2n) is 3.45. The van der Waals surface area contributed by atoms with Gasteiger partial charge in [0.2, 0.25) is 0 Å². The minimum atomic E-state index is -1.03. The maximum absolute atomic E-state index is 11.7. The molecule has 0 spiro atoms. The number of carboxylic acids is 1. The Kier molecular flexibility index (Phi) is 1.89. The molecule has 0 aromatic carbocycles. The average molecular weight is 206 g/mol. The molecule has 5 nitrogen and oxygen atoms in total. The molecule has 0 fully saturated rings. The normalized spacial score (nSPS) is 10.8. The number of hydrogen-bond acceptors (Lipinski definition) is 2. The number of aromatic nitrogens is 2. The molecule has 2 heterocycles. The summed E-state index contributed by atoms with van der Waals surface area (Å²) in [7, 11) is 3.26. The fraction of sp³-hybridized carbons (Fsp3) is 0.200. The monoisotopic (exact) mass is 206 g/mol. The zero-order chi connectivity index (χ0) is 11.2. The van der Waals surface area contributed by atoms with E-state index in [1.807, 2.05) is 0 Å². The Hall–Kier alpha value is -2.04. The molecule has 0 unspecified atom stereocenters. The molecular formula is C10H10N2O3. The van der Waals surface area contributed by atoms with E-state index in [4.69, 9.17) is 5.11 Å². The molecule has 5 heteroatoms. The number of pyridine rings is 1. The Balaban J connectivity index is 3.03. The first-order chi connectivity index (χ1) is 7.02. The second-order valence-corrected chi connectivity index (χ2v) is 3.45. The van der Waals surface area contributed by atoms with E-state index in [1.54, 1.807) is 30.9 Å². The molecule has 0 bridgehead atoms. The number of aromatic carboxylic acids is 1. The lowest BCUT2D eigenvalue weighted by molar-refractivity contribution is 0.0698. The van der Waals surface area contributed by atoms with Crippen molar-refractivity contribution < 1.29 is 9.90 Å². The van der Waals surface area contributed by atoms with E-state index in [9.17, 15) is 9.59 Å². The van der Waals surface area contributed by atoms with Gasteiger partial charge in [-0.05, 0) is 6.07 Å². The Morgan fingerprint density at radius 2 is 2.00 bits per heavy atom. The summed E-state index contributed by atoms with van der Waals surface area (Å²) in [5, 5.41) is 9.46. The molecule has 0 amide bonds. The molecule has 0 atom stereocenters. The van der Waals surface area contributed by atoms with Crippen LogP contribution in [0, 0.1) is 0 Å². The van der Waals surface area contributed by atoms with Crippen LogP contribution in [0.3, 0.4) is 0 Å². The molecular weight excluding hydrogens is 196 g/mol. The molecule has 1 N–H and O–H groups in total. The standard InChI is InChI=1S/C10H10N2O3/c1-11-4-3-6-7(10(14)15)5-12(2)9(13)8(6)11/h3-5H,1-2H3,(H,14,15). The number of aryl methyl sites for hydroxylation is 2. The maximum Gasteiger partial charge on any atom is 0.337 e. The van der Waals surface area contributed by atoms with Crippen molar-refractivity contribution in [3.8, 4) is 0 Å². The summed E-state index contributed by atoms with van der Waals surface area (Å²) in [4.78, 5) is 22.7. The molecule has 0 saturated carbocycles. The van der Waals surface area contributed by atoms with E-state index in [2.05, 4.69) is 0 Å². The first-order valence-corrected chi connectivity index (χ1v) is 4.40. The number of fused-ring (bicyclic) bond motifs is 1. The third-order valence-corrected chi connectivity index (χ3v) is 2.44. The lowest BCUT2D eigenvalue weighted by Crippen LogP contribution is -2.20. The summed E-state index contributed by atoms with van der Waals surface area (Å²) < 4.78 is 2.91. The van der Waals surface area contributed by atoms with E-state index < -0.39 is 5.97 Å². The molecule has 2 rings (SSSR count). The van der Waals surface area contributed by atoms with Crippen molar-refractivity contribution >= 4 is 16.9 Å². The van der Waals surface area contributed by atoms with Gasteiger partial charge in [0.1, 0.15) is 5.52 Å². The lowest BCUT2D eigenvalue weighted by atomic mass is 10.2. The van der Waals surface area contributed by atoms with Crippen LogP contribution in [0.1, 0.15) is 10.4 Å². The Bertz CT molecular complexity index is 607. The number of rotatable bonds is 1. The van der Waals surface area contributed by atoms with Gasteiger partial charge in [-0.2, -0.15) is 0 Å². The highest BCUT2D eigenvalue weighted by Crippen LogP contribution is 2.15. The van der Waals surface area contributed by atoms with Crippen molar-refractivity contribution in [2.24, 2.45) is 14.1 Å². The van der Waals surface area contributed by atoms with Crippen LogP contribution in [0.4, 0.5) is 0 Å². The van der Waals surface area contributed by atoms with Crippen LogP contribution in [-0.4, -0.2) is 20.2 Å². The molecule has 0 aliphatic carbocycles. The highest BCUT2D eigenvalue weighted by atomic mass is 16.4. The van der Waals surface area contributed by atoms with Crippen molar-refractivity contribution in [2.75, 3.05) is 0 Å². The Morgan fingerprint density at radius 1 is 1.33 bits per heavy atom. The molecule has 0 radical (unpaired) electrons. The van der Waals surface area contributed by atoms with Gasteiger partial charge in [0, 0.05) is 31.9 Å². The first-order valence-electron chi connectivity index (χ1n) is 4.40. The van der Waals surface area contributed by atoms with Crippen LogP contribution in [0.15, 0.2) is 23.3 Å². The van der Waals surface area contributed by atoms with Crippen LogP contribution in [0.5, 0.6) is 0 Å². The molecule has 78 valence electrons. The largest absolute Gasteiger partial charge is 0.478 e. The topological polar surface area (TPSA) is 64.2 Å². The van der Waals surface area contributed by atoms with Crippen molar-refractivity contribution in [3.05, 3.63) is 34.4 Å². The highest BCUT2D eigenvalue weighted by Gasteiger charge is 2.14. The summed E-state index contributed by atoms with van der Waals surface area (Å²) in [5.41, 5.74) is 0.368. The number of hydrogen-bond donors (Lipinski definition) is 1. The van der Waals surface area contributed by atoms with Gasteiger partial charge in [-0.1, -0.05) is 0 Å². The summed E-state index contributed by atoms with van der Waals surface area (Å²) in [5.74, 6) is -1.03. The third-order valence-electron chi connectivity index (χ3n) is 2.44. The van der Waals surface area contributed by atoms with Crippen LogP contribution in [-0.2, 0) is 14.1 Å². The number of carboxylic acid groups (broad SMARTS) is 1. The van der Waals surface area contributed by atoms with Crippen LogP contribution < -0.4 is 5.56 Å². The third kappa shape index (κ3) is 1.24. The Morgan fingerprint density at radius 3 is 2.60 bits per heavy atom. The summed E-state index contributed by atoms with van der Waals surface area (Å²) >= 11 is 0. The summed E-state index contributed by atoms with van der Waals surface area (Å²) in [6, 6.07) is 1.64. The van der Waals surface area contributed by atoms with E-state index in [-0.39, 0.29) is 11.1 Å². The molecule has 0 saturated heterocycles. The van der Waals surface area contributed by atoms with Gasteiger partial charge in [0.25, 0.3) is 5.56 Å². The van der Waals surface area contributed by atoms with Crippen molar-refractivity contribution in [2.45, 2.75) is 0 Å². The average Bonchev–Trinajstić information content (AvgIpc) is 2.54. The fourth-order valence-corrected chi connectivity index (χ4v) is 1.67. The summed E-state index contributed by atoms with van der Waals surface area (Å²) in [6.45, 7) is 0. The van der Waals surface area contributed by atoms with Crippen LogP contribution >= 0.6 is 0 Å². The maximum atomic E-state index is 11.7. The minimum absolute atomic E-state index is 0.146. The molecule has 15 heavy (non-hydrogen) atoms. The van der Waals surface area contributed by atoms with Crippen molar-refractivity contribution in [1.82, 2.24) is 9.13 Å². The smallest absolute Gasteiger partial charge is 0.337 e. The van der Waals surface area contributed by atoms with Gasteiger partial charge in [0.05, 0.1) is 5.56 Å². The predicted molar refractivity (Wildman–Crippen MR) is 55.1 cm³/mol. The van der Waals surface area contributed by atoms with Crippen molar-refractivity contribution in [1.29, 1.82) is 0 Å². The fourth-order valence-electron chi connectivity index (χ4n) is 1.67. The van der Waals surface area contributed by atoms with E-state index in [0.29, 0.717) is 10.9 Å². The first kappa shape index (κ1) is 9.51. The predicted octanol–water partition coefficient (Wildman–Crippen LogP) is 0.575. The van der Waals surface area contributed by atoms with E-state index >= 15 is 0 Å². The van der Waals surface area contributed by atoms with Gasteiger partial charge in [0.15, 0.2) is 0 Å². The zero-order valence-corrected chi connectivity index (χ0v) is 8.39. The van der Waals surface area contributed by atoms with E-state index in [1.165, 1.54) is 10.8 Å². The Labute approximate surface area is 85.2 Å². The molecule has 0 aliphatic rings. The molecule has 2 aromatic heterocycles. The highest BCUT2D eigenvalue weighted by molar-refractivity contribution is 6.02. The van der Waals surface area contributed by atoms with Gasteiger partial charge >= 0.3 is 5.97 Å². The second kappa shape index (κ2) is 2.98. The van der Waals surface area contributed by atoms with Gasteiger partial charge in [-0.15, -0.1) is 0 Å². The lowest BCUT2D eigenvalue weighted by Gasteiger charge is -2.03.